The van der Waals surface area contributed by atoms with Crippen molar-refractivity contribution in [2.45, 2.75) is 64.6 Å². The molecule has 1 rings (SSSR count). The summed E-state index contributed by atoms with van der Waals surface area (Å²) >= 11 is 0. The molecule has 0 aliphatic rings. The molecule has 0 spiro atoms. The van der Waals surface area contributed by atoms with Crippen molar-refractivity contribution in [3.63, 3.8) is 0 Å². The summed E-state index contributed by atoms with van der Waals surface area (Å²) in [6.07, 6.45) is 4.06. The third-order valence-electron chi connectivity index (χ3n) is 3.61. The molecule has 5 nitrogen and oxygen atoms in total. The Morgan fingerprint density at radius 2 is 2.00 bits per heavy atom. The summed E-state index contributed by atoms with van der Waals surface area (Å²) in [5.41, 5.74) is 0.565. The van der Waals surface area contributed by atoms with Gasteiger partial charge in [0.15, 0.2) is 9.76 Å². The van der Waals surface area contributed by atoms with Crippen molar-refractivity contribution < 1.29 is 14.0 Å². The van der Waals surface area contributed by atoms with Crippen LogP contribution in [0.3, 0.4) is 0 Å². The van der Waals surface area contributed by atoms with Gasteiger partial charge in [0.25, 0.3) is 0 Å². The monoisotopic (exact) mass is 338 g/mol. The van der Waals surface area contributed by atoms with Gasteiger partial charge in [-0.15, -0.1) is 0 Å². The number of pyridine rings is 1. The highest BCUT2D eigenvalue weighted by Crippen LogP contribution is 2.27. The van der Waals surface area contributed by atoms with E-state index in [1.54, 1.807) is 19.5 Å². The van der Waals surface area contributed by atoms with Gasteiger partial charge in [0.1, 0.15) is 5.75 Å². The maximum Gasteiger partial charge on any atom is 0.217 e. The molecule has 130 valence electrons. The zero-order valence-corrected chi connectivity index (χ0v) is 16.8. The largest absolute Gasteiger partial charge is 0.495 e. The Morgan fingerprint density at radius 3 is 2.52 bits per heavy atom. The lowest BCUT2D eigenvalue weighted by atomic mass is 9.92. The number of aromatic nitrogens is 1. The smallest absolute Gasteiger partial charge is 0.217 e. The van der Waals surface area contributed by atoms with Gasteiger partial charge in [0.05, 0.1) is 24.9 Å². The fourth-order valence-electron chi connectivity index (χ4n) is 2.20. The van der Waals surface area contributed by atoms with Gasteiger partial charge in [0.2, 0.25) is 5.91 Å². The van der Waals surface area contributed by atoms with E-state index < -0.39 is 15.4 Å². The van der Waals surface area contributed by atoms with Gasteiger partial charge in [-0.3, -0.25) is 9.78 Å². The van der Waals surface area contributed by atoms with Crippen LogP contribution in [0.4, 0.5) is 0 Å². The standard InChI is InChI=1S/C17H30N2O3Si/c1-12(20)19-15(17(5,6)22-23-16(2,3)4)10-13-8-9-18-11-14(13)21-7/h8-9,11,15H,10,23H2,1-7H3,(H,19,20). The van der Waals surface area contributed by atoms with E-state index in [9.17, 15) is 4.79 Å². The second kappa shape index (κ2) is 7.92. The molecule has 1 aromatic heterocycles. The second-order valence-electron chi connectivity index (χ2n) is 7.60. The minimum Gasteiger partial charge on any atom is -0.495 e. The molecule has 0 aromatic carbocycles. The minimum atomic E-state index is -0.730. The van der Waals surface area contributed by atoms with Crippen molar-refractivity contribution in [1.82, 2.24) is 10.3 Å². The fraction of sp³-hybridized carbons (Fsp3) is 0.647. The Kier molecular flexibility index (Phi) is 6.77. The first kappa shape index (κ1) is 19.6. The Morgan fingerprint density at radius 1 is 1.35 bits per heavy atom. The third kappa shape index (κ3) is 6.70. The van der Waals surface area contributed by atoms with Crippen molar-refractivity contribution in [3.05, 3.63) is 24.0 Å². The lowest BCUT2D eigenvalue weighted by Crippen LogP contribution is -2.52. The highest BCUT2D eigenvalue weighted by atomic mass is 28.2. The van der Waals surface area contributed by atoms with E-state index in [0.717, 1.165) is 11.3 Å². The zero-order valence-electron chi connectivity index (χ0n) is 15.4. The van der Waals surface area contributed by atoms with Crippen LogP contribution in [0.2, 0.25) is 5.04 Å². The SMILES string of the molecule is COc1cnccc1CC(NC(C)=O)C(C)(C)O[SiH2]C(C)(C)C. The maximum atomic E-state index is 11.6. The van der Waals surface area contributed by atoms with Gasteiger partial charge >= 0.3 is 0 Å². The molecule has 23 heavy (non-hydrogen) atoms. The Balaban J connectivity index is 2.96. The topological polar surface area (TPSA) is 60.5 Å². The molecule has 1 heterocycles. The molecule has 0 bridgehead atoms. The third-order valence-corrected chi connectivity index (χ3v) is 5.36. The van der Waals surface area contributed by atoms with E-state index in [4.69, 9.17) is 9.16 Å². The molecule has 1 amide bonds. The average Bonchev–Trinajstić information content (AvgIpc) is 2.44. The number of ether oxygens (including phenoxy) is 1. The van der Waals surface area contributed by atoms with Gasteiger partial charge in [-0.05, 0) is 36.9 Å². The van der Waals surface area contributed by atoms with Crippen LogP contribution >= 0.6 is 0 Å². The molecule has 1 N–H and O–H groups in total. The molecule has 0 aliphatic heterocycles. The van der Waals surface area contributed by atoms with Crippen molar-refractivity contribution in [3.8, 4) is 5.75 Å². The van der Waals surface area contributed by atoms with Crippen LogP contribution in [-0.4, -0.2) is 39.4 Å². The van der Waals surface area contributed by atoms with E-state index in [-0.39, 0.29) is 17.0 Å². The first-order chi connectivity index (χ1) is 10.5. The van der Waals surface area contributed by atoms with Gasteiger partial charge < -0.3 is 14.5 Å². The average molecular weight is 339 g/mol. The minimum absolute atomic E-state index is 0.0582. The van der Waals surface area contributed by atoms with E-state index in [2.05, 4.69) is 31.1 Å². The van der Waals surface area contributed by atoms with Gasteiger partial charge in [0, 0.05) is 13.1 Å². The summed E-state index contributed by atoms with van der Waals surface area (Å²) in [6, 6.07) is 1.79. The normalized spacial score (nSPS) is 14.0. The number of hydrogen-bond donors (Lipinski definition) is 1. The van der Waals surface area contributed by atoms with Gasteiger partial charge in [-0.25, -0.2) is 0 Å². The number of methoxy groups -OCH3 is 1. The number of rotatable bonds is 7. The molecule has 0 aliphatic carbocycles. The summed E-state index contributed by atoms with van der Waals surface area (Å²) in [5.74, 6) is 0.670. The molecule has 0 fully saturated rings. The number of nitrogens with zero attached hydrogens (tertiary/aromatic N) is 1. The second-order valence-corrected chi connectivity index (χ2v) is 10.3. The summed E-state index contributed by atoms with van der Waals surface area (Å²) in [5, 5.41) is 3.24. The van der Waals surface area contributed by atoms with E-state index in [0.29, 0.717) is 6.42 Å². The number of amides is 1. The quantitative estimate of drug-likeness (QED) is 0.775. The Bertz CT molecular complexity index is 527. The number of carbonyl (C=O) groups is 1. The molecule has 1 atom stereocenters. The molecule has 0 radical (unpaired) electrons. The highest BCUT2D eigenvalue weighted by Gasteiger charge is 2.33. The van der Waals surface area contributed by atoms with E-state index in [1.165, 1.54) is 6.92 Å². The first-order valence-corrected chi connectivity index (χ1v) is 9.21. The predicted molar refractivity (Wildman–Crippen MR) is 95.5 cm³/mol. The van der Waals surface area contributed by atoms with Crippen LogP contribution in [0.15, 0.2) is 18.5 Å². The number of nitrogens with one attached hydrogen (secondary N) is 1. The van der Waals surface area contributed by atoms with Crippen LogP contribution < -0.4 is 10.1 Å². The first-order valence-electron chi connectivity index (χ1n) is 7.93. The van der Waals surface area contributed by atoms with E-state index in [1.807, 2.05) is 19.9 Å². The number of hydrogen-bond acceptors (Lipinski definition) is 4. The summed E-state index contributed by atoms with van der Waals surface area (Å²) in [4.78, 5) is 15.7. The fourth-order valence-corrected chi connectivity index (χ4v) is 3.21. The Labute approximate surface area is 142 Å². The van der Waals surface area contributed by atoms with E-state index >= 15 is 0 Å². The van der Waals surface area contributed by atoms with Crippen LogP contribution in [0.25, 0.3) is 0 Å². The van der Waals surface area contributed by atoms with Crippen molar-refractivity contribution in [2.24, 2.45) is 0 Å². The Hall–Kier alpha value is -1.40. The van der Waals surface area contributed by atoms with Gasteiger partial charge in [-0.1, -0.05) is 20.8 Å². The predicted octanol–water partition coefficient (Wildman–Crippen LogP) is 2.23. The van der Waals surface area contributed by atoms with Crippen LogP contribution in [-0.2, 0) is 15.6 Å². The van der Waals surface area contributed by atoms with Crippen LogP contribution in [0.1, 0.15) is 47.1 Å². The van der Waals surface area contributed by atoms with Crippen LogP contribution in [0.5, 0.6) is 5.75 Å². The molecule has 1 aromatic rings. The summed E-state index contributed by atoms with van der Waals surface area (Å²) in [7, 11) is 0.897. The molecular weight excluding hydrogens is 308 g/mol. The van der Waals surface area contributed by atoms with Crippen molar-refractivity contribution in [1.29, 1.82) is 0 Å². The van der Waals surface area contributed by atoms with Crippen molar-refractivity contribution in [2.75, 3.05) is 7.11 Å². The summed E-state index contributed by atoms with van der Waals surface area (Å²) < 4.78 is 11.6. The lowest BCUT2D eigenvalue weighted by molar-refractivity contribution is -0.121. The molecule has 1 unspecified atom stereocenters. The van der Waals surface area contributed by atoms with Gasteiger partial charge in [-0.2, -0.15) is 0 Å². The molecule has 6 heteroatoms. The summed E-state index contributed by atoms with van der Waals surface area (Å²) in [6.45, 7) is 12.2. The van der Waals surface area contributed by atoms with Crippen molar-refractivity contribution >= 4 is 15.7 Å². The number of carbonyl (C=O) groups excluding carboxylic acids is 1. The molecular formula is C17H30N2O3Si. The maximum absolute atomic E-state index is 11.6. The molecule has 0 saturated carbocycles. The zero-order chi connectivity index (χ0) is 17.7. The molecule has 0 saturated heterocycles. The highest BCUT2D eigenvalue weighted by molar-refractivity contribution is 6.31. The van der Waals surface area contributed by atoms with Crippen LogP contribution in [0, 0.1) is 0 Å². The lowest BCUT2D eigenvalue weighted by Gasteiger charge is -2.37.